The van der Waals surface area contributed by atoms with E-state index in [2.05, 4.69) is 40.3 Å². The zero-order chi connectivity index (χ0) is 24.6. The molecule has 0 radical (unpaired) electrons. The fourth-order valence-corrected chi connectivity index (χ4v) is 4.63. The summed E-state index contributed by atoms with van der Waals surface area (Å²) in [6.45, 7) is 2.58. The van der Waals surface area contributed by atoms with Crippen LogP contribution < -0.4 is 4.74 Å². The van der Waals surface area contributed by atoms with Crippen molar-refractivity contribution >= 4 is 21.9 Å². The van der Waals surface area contributed by atoms with Gasteiger partial charge in [0.05, 0.1) is 36.8 Å². The average molecular weight is 476 g/mol. The number of hydrogen-bond acceptors (Lipinski definition) is 5. The third kappa shape index (κ3) is 3.79. The van der Waals surface area contributed by atoms with E-state index in [0.29, 0.717) is 6.54 Å². The molecule has 7 nitrogen and oxygen atoms in total. The Balaban J connectivity index is 1.52. The van der Waals surface area contributed by atoms with Crippen LogP contribution in [0.15, 0.2) is 79.1 Å². The Morgan fingerprint density at radius 3 is 2.61 bits per heavy atom. The standard InChI is InChI=1S/C29H25N5O2/c1-18-21(17-35)14-30-15-24(18)20-9-12-27-23(13-20)28(29-31-25-5-3-4-6-26(25)32-29)33-34(27)16-19-7-10-22(36-2)11-8-19/h3-15,35H,16-17H2,1-2H3,(H,31,32). The van der Waals surface area contributed by atoms with Crippen molar-refractivity contribution in [1.29, 1.82) is 0 Å². The average Bonchev–Trinajstić information content (AvgIpc) is 3.50. The van der Waals surface area contributed by atoms with E-state index in [1.54, 1.807) is 13.3 Å². The summed E-state index contributed by atoms with van der Waals surface area (Å²) in [5.74, 6) is 1.55. The van der Waals surface area contributed by atoms with Crippen molar-refractivity contribution < 1.29 is 9.84 Å². The molecular weight excluding hydrogens is 450 g/mol. The quantitative estimate of drug-likeness (QED) is 0.332. The summed E-state index contributed by atoms with van der Waals surface area (Å²) in [5, 5.41) is 15.7. The van der Waals surface area contributed by atoms with Crippen LogP contribution in [0.5, 0.6) is 5.75 Å². The lowest BCUT2D eigenvalue weighted by molar-refractivity contribution is 0.280. The van der Waals surface area contributed by atoms with Crippen molar-refractivity contribution in [3.05, 3.63) is 95.8 Å². The topological polar surface area (TPSA) is 88.9 Å². The summed E-state index contributed by atoms with van der Waals surface area (Å²) in [5.41, 5.74) is 8.63. The van der Waals surface area contributed by atoms with Gasteiger partial charge >= 0.3 is 0 Å². The van der Waals surface area contributed by atoms with Gasteiger partial charge < -0.3 is 14.8 Å². The molecular formula is C29H25N5O2. The molecule has 3 aromatic heterocycles. The highest BCUT2D eigenvalue weighted by atomic mass is 16.5. The minimum atomic E-state index is -0.0427. The summed E-state index contributed by atoms with van der Waals surface area (Å²) in [6, 6.07) is 22.3. The number of hydrogen-bond donors (Lipinski definition) is 2. The van der Waals surface area contributed by atoms with Gasteiger partial charge in [0.1, 0.15) is 11.4 Å². The first-order valence-electron chi connectivity index (χ1n) is 11.8. The van der Waals surface area contributed by atoms with E-state index in [9.17, 15) is 5.11 Å². The Labute approximate surface area is 208 Å². The molecule has 0 amide bonds. The minimum Gasteiger partial charge on any atom is -0.497 e. The molecule has 6 rings (SSSR count). The number of benzene rings is 3. The Morgan fingerprint density at radius 1 is 1.00 bits per heavy atom. The van der Waals surface area contributed by atoms with E-state index in [1.165, 1.54) is 0 Å². The van der Waals surface area contributed by atoms with Crippen LogP contribution in [0.1, 0.15) is 16.7 Å². The maximum Gasteiger partial charge on any atom is 0.159 e. The fourth-order valence-electron chi connectivity index (χ4n) is 4.63. The molecule has 7 heteroatoms. The van der Waals surface area contributed by atoms with Gasteiger partial charge in [-0.3, -0.25) is 9.67 Å². The van der Waals surface area contributed by atoms with Crippen molar-refractivity contribution in [3.63, 3.8) is 0 Å². The molecule has 0 saturated heterocycles. The molecule has 0 unspecified atom stereocenters. The highest BCUT2D eigenvalue weighted by Gasteiger charge is 2.18. The monoisotopic (exact) mass is 475 g/mol. The van der Waals surface area contributed by atoms with Gasteiger partial charge in [-0.15, -0.1) is 0 Å². The van der Waals surface area contributed by atoms with Gasteiger partial charge in [0.25, 0.3) is 0 Å². The lowest BCUT2D eigenvalue weighted by atomic mass is 9.98. The largest absolute Gasteiger partial charge is 0.497 e. The number of pyridine rings is 1. The molecule has 3 heterocycles. The van der Waals surface area contributed by atoms with Crippen LogP contribution in [-0.4, -0.2) is 36.9 Å². The number of nitrogens with one attached hydrogen (secondary N) is 1. The van der Waals surface area contributed by atoms with Gasteiger partial charge in [-0.1, -0.05) is 30.3 Å². The molecule has 0 aliphatic heterocycles. The molecule has 178 valence electrons. The number of para-hydroxylation sites is 2. The number of aromatic amines is 1. The van der Waals surface area contributed by atoms with Crippen LogP contribution in [-0.2, 0) is 13.2 Å². The van der Waals surface area contributed by atoms with Crippen LogP contribution in [0.2, 0.25) is 0 Å². The van der Waals surface area contributed by atoms with E-state index in [-0.39, 0.29) is 6.61 Å². The Bertz CT molecular complexity index is 1670. The van der Waals surface area contributed by atoms with Crippen molar-refractivity contribution in [1.82, 2.24) is 24.7 Å². The molecule has 0 aliphatic rings. The van der Waals surface area contributed by atoms with E-state index in [0.717, 1.165) is 67.0 Å². The number of H-pyrrole nitrogens is 1. The Kier molecular flexibility index (Phi) is 5.47. The van der Waals surface area contributed by atoms with E-state index < -0.39 is 0 Å². The van der Waals surface area contributed by atoms with Gasteiger partial charge in [0.2, 0.25) is 0 Å². The lowest BCUT2D eigenvalue weighted by Crippen LogP contribution is -2.02. The zero-order valence-corrected chi connectivity index (χ0v) is 20.1. The van der Waals surface area contributed by atoms with E-state index in [4.69, 9.17) is 14.8 Å². The molecule has 0 bridgehead atoms. The molecule has 0 saturated carbocycles. The maximum atomic E-state index is 9.73. The highest BCUT2D eigenvalue weighted by Crippen LogP contribution is 2.33. The first kappa shape index (κ1) is 22.0. The summed E-state index contributed by atoms with van der Waals surface area (Å²) in [7, 11) is 1.67. The predicted octanol–water partition coefficient (Wildman–Crippen LogP) is 5.50. The molecule has 36 heavy (non-hydrogen) atoms. The van der Waals surface area contributed by atoms with Crippen molar-refractivity contribution in [2.75, 3.05) is 7.11 Å². The van der Waals surface area contributed by atoms with Crippen molar-refractivity contribution in [2.45, 2.75) is 20.1 Å². The highest BCUT2D eigenvalue weighted by molar-refractivity contribution is 5.96. The third-order valence-corrected chi connectivity index (χ3v) is 6.66. The second-order valence-electron chi connectivity index (χ2n) is 8.82. The number of aliphatic hydroxyl groups excluding tert-OH is 1. The second kappa shape index (κ2) is 8.94. The van der Waals surface area contributed by atoms with E-state index >= 15 is 0 Å². The maximum absolute atomic E-state index is 9.73. The first-order valence-corrected chi connectivity index (χ1v) is 11.8. The molecule has 2 N–H and O–H groups in total. The third-order valence-electron chi connectivity index (χ3n) is 6.66. The molecule has 0 atom stereocenters. The van der Waals surface area contributed by atoms with Crippen molar-refractivity contribution in [2.24, 2.45) is 0 Å². The van der Waals surface area contributed by atoms with Gasteiger partial charge in [-0.2, -0.15) is 5.10 Å². The van der Waals surface area contributed by atoms with Crippen LogP contribution in [0.3, 0.4) is 0 Å². The van der Waals surface area contributed by atoms with Gasteiger partial charge in [0.15, 0.2) is 5.82 Å². The number of aromatic nitrogens is 5. The normalized spacial score (nSPS) is 11.4. The summed E-state index contributed by atoms with van der Waals surface area (Å²) in [4.78, 5) is 12.6. The minimum absolute atomic E-state index is 0.0427. The number of fused-ring (bicyclic) bond motifs is 2. The molecule has 3 aromatic carbocycles. The van der Waals surface area contributed by atoms with Gasteiger partial charge in [-0.05, 0) is 65.6 Å². The molecule has 0 aliphatic carbocycles. The summed E-state index contributed by atoms with van der Waals surface area (Å²) >= 11 is 0. The van der Waals surface area contributed by atoms with Gasteiger partial charge in [-0.25, -0.2) is 4.98 Å². The van der Waals surface area contributed by atoms with Crippen LogP contribution in [0.25, 0.3) is 44.6 Å². The number of ether oxygens (including phenoxy) is 1. The number of imidazole rings is 1. The van der Waals surface area contributed by atoms with Crippen LogP contribution in [0, 0.1) is 6.92 Å². The Morgan fingerprint density at radius 2 is 1.83 bits per heavy atom. The summed E-state index contributed by atoms with van der Waals surface area (Å²) < 4.78 is 7.32. The molecule has 6 aromatic rings. The predicted molar refractivity (Wildman–Crippen MR) is 141 cm³/mol. The number of aliphatic hydroxyl groups is 1. The molecule has 0 spiro atoms. The van der Waals surface area contributed by atoms with Crippen molar-refractivity contribution in [3.8, 4) is 28.4 Å². The Hall–Kier alpha value is -4.49. The lowest BCUT2D eigenvalue weighted by Gasteiger charge is -2.10. The SMILES string of the molecule is COc1ccc(Cn2nc(-c3nc4ccccc4[nH]3)c3cc(-c4cncc(CO)c4C)ccc32)cc1. The molecule has 0 fully saturated rings. The second-order valence-corrected chi connectivity index (χ2v) is 8.82. The summed E-state index contributed by atoms with van der Waals surface area (Å²) in [6.07, 6.45) is 3.56. The smallest absolute Gasteiger partial charge is 0.159 e. The first-order chi connectivity index (χ1) is 17.6. The zero-order valence-electron chi connectivity index (χ0n) is 20.1. The van der Waals surface area contributed by atoms with Crippen LogP contribution in [0.4, 0.5) is 0 Å². The van der Waals surface area contributed by atoms with Crippen LogP contribution >= 0.6 is 0 Å². The fraction of sp³-hybridized carbons (Fsp3) is 0.138. The van der Waals surface area contributed by atoms with Gasteiger partial charge in [0, 0.05) is 23.3 Å². The number of nitrogens with zero attached hydrogens (tertiary/aromatic N) is 4. The van der Waals surface area contributed by atoms with E-state index in [1.807, 2.05) is 54.2 Å². The number of methoxy groups -OCH3 is 1. The number of rotatable bonds is 6.